The van der Waals surface area contributed by atoms with E-state index < -0.39 is 6.10 Å². The summed E-state index contributed by atoms with van der Waals surface area (Å²) in [6, 6.07) is 15.8. The molecule has 1 unspecified atom stereocenters. The first-order valence-electron chi connectivity index (χ1n) is 7.74. The number of nitrogens with zero attached hydrogens (tertiary/aromatic N) is 1. The molecule has 2 aromatic rings. The van der Waals surface area contributed by atoms with Crippen LogP contribution in [0, 0.1) is 17.2 Å². The standard InChI is InChI=1S/C19H20N2O3/c1-13(2)18(22)11-19(23)21-15-4-3-5-17(10-15)24-16-8-6-14(12-20)7-9-16/h3-10,13,18,22H,11H2,1-2H3,(H,21,23). The van der Waals surface area contributed by atoms with E-state index in [1.54, 1.807) is 48.5 Å². The fourth-order valence-electron chi connectivity index (χ4n) is 2.01. The van der Waals surface area contributed by atoms with Crippen molar-refractivity contribution in [2.24, 2.45) is 5.92 Å². The molecule has 0 bridgehead atoms. The molecule has 5 heteroatoms. The second-order valence-corrected chi connectivity index (χ2v) is 5.83. The molecule has 0 saturated carbocycles. The maximum Gasteiger partial charge on any atom is 0.226 e. The quantitative estimate of drug-likeness (QED) is 0.849. The third kappa shape index (κ3) is 5.11. The Labute approximate surface area is 141 Å². The van der Waals surface area contributed by atoms with Gasteiger partial charge in [-0.1, -0.05) is 19.9 Å². The zero-order valence-corrected chi connectivity index (χ0v) is 13.7. The molecule has 2 N–H and O–H groups in total. The molecule has 0 fully saturated rings. The first kappa shape index (κ1) is 17.5. The van der Waals surface area contributed by atoms with E-state index in [9.17, 15) is 9.90 Å². The number of hydrogen-bond acceptors (Lipinski definition) is 4. The van der Waals surface area contributed by atoms with Crippen molar-refractivity contribution in [3.63, 3.8) is 0 Å². The highest BCUT2D eigenvalue weighted by atomic mass is 16.5. The number of hydrogen-bond donors (Lipinski definition) is 2. The van der Waals surface area contributed by atoms with Crippen LogP contribution in [0.2, 0.25) is 0 Å². The molecular weight excluding hydrogens is 304 g/mol. The maximum absolute atomic E-state index is 11.9. The van der Waals surface area contributed by atoms with E-state index in [1.165, 1.54) is 0 Å². The van der Waals surface area contributed by atoms with Crippen LogP contribution in [0.5, 0.6) is 11.5 Å². The summed E-state index contributed by atoms with van der Waals surface area (Å²) < 4.78 is 5.71. The number of ether oxygens (including phenoxy) is 1. The van der Waals surface area contributed by atoms with Gasteiger partial charge in [0.25, 0.3) is 0 Å². The van der Waals surface area contributed by atoms with Crippen molar-refractivity contribution >= 4 is 11.6 Å². The molecule has 1 atom stereocenters. The van der Waals surface area contributed by atoms with Crippen LogP contribution < -0.4 is 10.1 Å². The van der Waals surface area contributed by atoms with Crippen LogP contribution in [0.25, 0.3) is 0 Å². The van der Waals surface area contributed by atoms with Gasteiger partial charge in [-0.15, -0.1) is 0 Å². The highest BCUT2D eigenvalue weighted by Gasteiger charge is 2.14. The van der Waals surface area contributed by atoms with Gasteiger partial charge in [0, 0.05) is 11.8 Å². The molecule has 0 aromatic heterocycles. The lowest BCUT2D eigenvalue weighted by Crippen LogP contribution is -2.23. The lowest BCUT2D eigenvalue weighted by molar-refractivity contribution is -0.118. The van der Waals surface area contributed by atoms with E-state index in [4.69, 9.17) is 10.00 Å². The maximum atomic E-state index is 11.9. The smallest absolute Gasteiger partial charge is 0.226 e. The number of benzene rings is 2. The zero-order chi connectivity index (χ0) is 17.5. The summed E-state index contributed by atoms with van der Waals surface area (Å²) >= 11 is 0. The van der Waals surface area contributed by atoms with Gasteiger partial charge in [-0.2, -0.15) is 5.26 Å². The molecule has 5 nitrogen and oxygen atoms in total. The highest BCUT2D eigenvalue weighted by molar-refractivity contribution is 5.91. The monoisotopic (exact) mass is 324 g/mol. The Morgan fingerprint density at radius 2 is 1.92 bits per heavy atom. The number of carbonyl (C=O) groups is 1. The molecular formula is C19H20N2O3. The topological polar surface area (TPSA) is 82.3 Å². The molecule has 0 aliphatic heterocycles. The van der Waals surface area contributed by atoms with E-state index >= 15 is 0 Å². The molecule has 0 aliphatic rings. The summed E-state index contributed by atoms with van der Waals surface area (Å²) in [5, 5.41) is 21.3. The number of nitrogens with one attached hydrogen (secondary N) is 1. The minimum atomic E-state index is -0.664. The minimum Gasteiger partial charge on any atom is -0.457 e. The Hall–Kier alpha value is -2.84. The number of aliphatic hydroxyl groups is 1. The third-order valence-corrected chi connectivity index (χ3v) is 3.50. The summed E-state index contributed by atoms with van der Waals surface area (Å²) in [4.78, 5) is 11.9. The van der Waals surface area contributed by atoms with Gasteiger partial charge >= 0.3 is 0 Å². The van der Waals surface area contributed by atoms with E-state index in [2.05, 4.69) is 5.32 Å². The Morgan fingerprint density at radius 3 is 2.54 bits per heavy atom. The number of aliphatic hydroxyl groups excluding tert-OH is 1. The summed E-state index contributed by atoms with van der Waals surface area (Å²) in [6.07, 6.45) is -0.610. The second-order valence-electron chi connectivity index (χ2n) is 5.83. The summed E-state index contributed by atoms with van der Waals surface area (Å²) in [7, 11) is 0. The number of anilines is 1. The van der Waals surface area contributed by atoms with Gasteiger partial charge in [-0.3, -0.25) is 4.79 Å². The van der Waals surface area contributed by atoms with E-state index in [-0.39, 0.29) is 18.2 Å². The number of nitriles is 1. The fraction of sp³-hybridized carbons (Fsp3) is 0.263. The first-order chi connectivity index (χ1) is 11.5. The SMILES string of the molecule is CC(C)C(O)CC(=O)Nc1cccc(Oc2ccc(C#N)cc2)c1. The Morgan fingerprint density at radius 1 is 1.21 bits per heavy atom. The van der Waals surface area contributed by atoms with Crippen LogP contribution in [-0.2, 0) is 4.79 Å². The van der Waals surface area contributed by atoms with Crippen molar-refractivity contribution < 1.29 is 14.6 Å². The zero-order valence-electron chi connectivity index (χ0n) is 13.7. The summed E-state index contributed by atoms with van der Waals surface area (Å²) in [5.41, 5.74) is 1.16. The predicted octanol–water partition coefficient (Wildman–Crippen LogP) is 3.70. The van der Waals surface area contributed by atoms with Crippen molar-refractivity contribution in [1.29, 1.82) is 5.26 Å². The van der Waals surface area contributed by atoms with Crippen molar-refractivity contribution in [2.45, 2.75) is 26.4 Å². The van der Waals surface area contributed by atoms with Crippen LogP contribution in [0.4, 0.5) is 5.69 Å². The lowest BCUT2D eigenvalue weighted by Gasteiger charge is -2.14. The highest BCUT2D eigenvalue weighted by Crippen LogP contribution is 2.24. The van der Waals surface area contributed by atoms with E-state index in [1.807, 2.05) is 19.9 Å². The van der Waals surface area contributed by atoms with Crippen LogP contribution >= 0.6 is 0 Å². The van der Waals surface area contributed by atoms with Crippen LogP contribution in [0.3, 0.4) is 0 Å². The van der Waals surface area contributed by atoms with Gasteiger partial charge in [0.1, 0.15) is 11.5 Å². The molecule has 0 saturated heterocycles. The van der Waals surface area contributed by atoms with Crippen LogP contribution in [0.15, 0.2) is 48.5 Å². The first-order valence-corrected chi connectivity index (χ1v) is 7.74. The van der Waals surface area contributed by atoms with Crippen LogP contribution in [0.1, 0.15) is 25.8 Å². The second kappa shape index (κ2) is 8.14. The molecule has 124 valence electrons. The minimum absolute atomic E-state index is 0.0294. The Kier molecular flexibility index (Phi) is 5.94. The molecule has 0 spiro atoms. The molecule has 2 rings (SSSR count). The Balaban J connectivity index is 2.00. The largest absolute Gasteiger partial charge is 0.457 e. The summed E-state index contributed by atoms with van der Waals surface area (Å²) in [5.74, 6) is 0.961. The lowest BCUT2D eigenvalue weighted by atomic mass is 10.0. The molecule has 0 heterocycles. The van der Waals surface area contributed by atoms with Gasteiger partial charge in [0.05, 0.1) is 24.2 Å². The van der Waals surface area contributed by atoms with Crippen molar-refractivity contribution in [3.8, 4) is 17.6 Å². The average molecular weight is 324 g/mol. The van der Waals surface area contributed by atoms with Gasteiger partial charge in [-0.25, -0.2) is 0 Å². The molecule has 0 aliphatic carbocycles. The van der Waals surface area contributed by atoms with Crippen molar-refractivity contribution in [2.75, 3.05) is 5.32 Å². The Bertz CT molecular complexity index is 733. The fourth-order valence-corrected chi connectivity index (χ4v) is 2.01. The van der Waals surface area contributed by atoms with Gasteiger partial charge in [-0.05, 0) is 42.3 Å². The van der Waals surface area contributed by atoms with E-state index in [0.29, 0.717) is 22.7 Å². The van der Waals surface area contributed by atoms with Crippen molar-refractivity contribution in [1.82, 2.24) is 0 Å². The number of amides is 1. The van der Waals surface area contributed by atoms with Crippen molar-refractivity contribution in [3.05, 3.63) is 54.1 Å². The number of rotatable bonds is 6. The van der Waals surface area contributed by atoms with Gasteiger partial charge < -0.3 is 15.2 Å². The molecule has 1 amide bonds. The predicted molar refractivity (Wildman–Crippen MR) is 91.8 cm³/mol. The molecule has 0 radical (unpaired) electrons. The molecule has 24 heavy (non-hydrogen) atoms. The normalized spacial score (nSPS) is 11.6. The van der Waals surface area contributed by atoms with Gasteiger partial charge in [0.15, 0.2) is 0 Å². The summed E-state index contributed by atoms with van der Waals surface area (Å²) in [6.45, 7) is 3.73. The van der Waals surface area contributed by atoms with E-state index in [0.717, 1.165) is 0 Å². The average Bonchev–Trinajstić information content (AvgIpc) is 2.55. The van der Waals surface area contributed by atoms with Crippen LogP contribution in [-0.4, -0.2) is 17.1 Å². The third-order valence-electron chi connectivity index (χ3n) is 3.50. The molecule has 2 aromatic carbocycles. The number of carbonyl (C=O) groups excluding carboxylic acids is 1. The van der Waals surface area contributed by atoms with Gasteiger partial charge in [0.2, 0.25) is 5.91 Å².